The number of nitrogens with zero attached hydrogens (tertiary/aromatic N) is 1. The van der Waals surface area contributed by atoms with E-state index in [-0.39, 0.29) is 48.7 Å². The van der Waals surface area contributed by atoms with Gasteiger partial charge in [0, 0.05) is 29.9 Å². The Morgan fingerprint density at radius 3 is 2.06 bits per heavy atom. The normalized spacial score (nSPS) is 14.7. The minimum atomic E-state index is -5.08. The first-order valence-corrected chi connectivity index (χ1v) is 9.67. The molecule has 0 aliphatic carbocycles. The highest BCUT2D eigenvalue weighted by molar-refractivity contribution is 6.31. The summed E-state index contributed by atoms with van der Waals surface area (Å²) in [6, 6.07) is 4.16. The van der Waals surface area contributed by atoms with Crippen LogP contribution in [0.2, 0.25) is 5.02 Å². The predicted octanol–water partition coefficient (Wildman–Crippen LogP) is 5.46. The molecule has 1 N–H and O–H groups in total. The molecule has 6 nitrogen and oxygen atoms in total. The van der Waals surface area contributed by atoms with Gasteiger partial charge in [-0.25, -0.2) is 4.79 Å². The van der Waals surface area contributed by atoms with Crippen molar-refractivity contribution in [2.45, 2.75) is 12.4 Å². The van der Waals surface area contributed by atoms with Crippen molar-refractivity contribution in [2.75, 3.05) is 31.6 Å². The zero-order valence-electron chi connectivity index (χ0n) is 16.5. The van der Waals surface area contributed by atoms with E-state index in [4.69, 9.17) is 21.1 Å². The Morgan fingerprint density at radius 2 is 1.52 bits per heavy atom. The highest BCUT2D eigenvalue weighted by Gasteiger charge is 2.37. The van der Waals surface area contributed by atoms with Crippen LogP contribution in [0.5, 0.6) is 5.75 Å². The van der Waals surface area contributed by atoms with E-state index in [1.165, 1.54) is 11.0 Å². The number of halogens is 7. The topological polar surface area (TPSA) is 67.9 Å². The molecule has 3 rings (SSSR count). The Labute approximate surface area is 188 Å². The molecule has 2 amide bonds. The van der Waals surface area contributed by atoms with Gasteiger partial charge in [0.15, 0.2) is 0 Å². The zero-order chi connectivity index (χ0) is 24.4. The molecule has 1 heterocycles. The van der Waals surface area contributed by atoms with Crippen LogP contribution in [0.4, 0.5) is 36.8 Å². The number of rotatable bonds is 3. The standard InChI is InChI=1S/C20H15ClF6N2O4/c21-13-1-2-15(16(10-13)33-18(31)29-3-5-32-6-4-29)17(30)28-14-8-11(19(22,23)24)7-12(9-14)20(25,26)27/h1-2,7-10H,3-6H2,(H,28,30). The molecule has 1 aliphatic rings. The summed E-state index contributed by atoms with van der Waals surface area (Å²) in [7, 11) is 0. The Morgan fingerprint density at radius 1 is 0.939 bits per heavy atom. The number of ether oxygens (including phenoxy) is 2. The van der Waals surface area contributed by atoms with Gasteiger partial charge >= 0.3 is 18.4 Å². The number of alkyl halides is 6. The van der Waals surface area contributed by atoms with Crippen molar-refractivity contribution < 1.29 is 45.4 Å². The average Bonchev–Trinajstić information content (AvgIpc) is 2.73. The van der Waals surface area contributed by atoms with Gasteiger partial charge in [-0.05, 0) is 30.3 Å². The molecule has 0 aromatic heterocycles. The van der Waals surface area contributed by atoms with Crippen molar-refractivity contribution in [1.82, 2.24) is 4.90 Å². The monoisotopic (exact) mass is 496 g/mol. The molecule has 1 saturated heterocycles. The Balaban J connectivity index is 1.89. The first-order chi connectivity index (χ1) is 15.3. The van der Waals surface area contributed by atoms with Gasteiger partial charge in [-0.2, -0.15) is 26.3 Å². The van der Waals surface area contributed by atoms with Gasteiger partial charge in [-0.3, -0.25) is 4.79 Å². The van der Waals surface area contributed by atoms with Gasteiger partial charge in [0.1, 0.15) is 5.75 Å². The highest BCUT2D eigenvalue weighted by atomic mass is 35.5. The minimum absolute atomic E-state index is 0.0620. The summed E-state index contributed by atoms with van der Waals surface area (Å²) in [6.07, 6.45) is -11.0. The van der Waals surface area contributed by atoms with Crippen molar-refractivity contribution >= 4 is 29.3 Å². The van der Waals surface area contributed by atoms with Gasteiger partial charge in [-0.1, -0.05) is 11.6 Å². The maximum atomic E-state index is 13.1. The van der Waals surface area contributed by atoms with Crippen molar-refractivity contribution in [3.63, 3.8) is 0 Å². The quantitative estimate of drug-likeness (QED) is 0.573. The molecule has 1 aliphatic heterocycles. The molecule has 0 unspecified atom stereocenters. The molecular weight excluding hydrogens is 482 g/mol. The third-order valence-electron chi connectivity index (χ3n) is 4.50. The third kappa shape index (κ3) is 6.29. The van der Waals surface area contributed by atoms with Crippen molar-refractivity contribution in [1.29, 1.82) is 0 Å². The van der Waals surface area contributed by atoms with E-state index >= 15 is 0 Å². The fraction of sp³-hybridized carbons (Fsp3) is 0.300. The summed E-state index contributed by atoms with van der Waals surface area (Å²) in [5.74, 6) is -1.43. The van der Waals surface area contributed by atoms with Crippen LogP contribution < -0.4 is 10.1 Å². The number of hydrogen-bond acceptors (Lipinski definition) is 4. The highest BCUT2D eigenvalue weighted by Crippen LogP contribution is 2.38. The maximum absolute atomic E-state index is 13.1. The number of carbonyl (C=O) groups excluding carboxylic acids is 2. The summed E-state index contributed by atoms with van der Waals surface area (Å²) in [5, 5.41) is 2.07. The van der Waals surface area contributed by atoms with Gasteiger partial charge < -0.3 is 19.7 Å². The lowest BCUT2D eigenvalue weighted by molar-refractivity contribution is -0.143. The molecule has 0 radical (unpaired) electrons. The second-order valence-corrected chi connectivity index (χ2v) is 7.29. The van der Waals surface area contributed by atoms with E-state index in [9.17, 15) is 35.9 Å². The second-order valence-electron chi connectivity index (χ2n) is 6.86. The average molecular weight is 497 g/mol. The maximum Gasteiger partial charge on any atom is 0.416 e. The number of nitrogens with one attached hydrogen (secondary N) is 1. The number of hydrogen-bond donors (Lipinski definition) is 1. The lowest BCUT2D eigenvalue weighted by atomic mass is 10.1. The number of morpholine rings is 1. The molecule has 2 aromatic carbocycles. The minimum Gasteiger partial charge on any atom is -0.409 e. The number of carbonyl (C=O) groups is 2. The van der Waals surface area contributed by atoms with E-state index in [2.05, 4.69) is 0 Å². The largest absolute Gasteiger partial charge is 0.416 e. The first kappa shape index (κ1) is 24.6. The van der Waals surface area contributed by atoms with Gasteiger partial charge in [0.2, 0.25) is 0 Å². The molecule has 0 atom stereocenters. The summed E-state index contributed by atoms with van der Waals surface area (Å²) in [4.78, 5) is 26.3. The number of amides is 2. The predicted molar refractivity (Wildman–Crippen MR) is 104 cm³/mol. The molecular formula is C20H15ClF6N2O4. The molecule has 1 fully saturated rings. The van der Waals surface area contributed by atoms with Crippen LogP contribution in [0.25, 0.3) is 0 Å². The summed E-state index contributed by atoms with van der Waals surface area (Å²) in [5.41, 5.74) is -4.26. The SMILES string of the molecule is O=C(Nc1cc(C(F)(F)F)cc(C(F)(F)F)c1)c1ccc(Cl)cc1OC(=O)N1CCOCC1. The molecule has 2 aromatic rings. The van der Waals surface area contributed by atoms with Crippen molar-refractivity contribution in [3.05, 3.63) is 58.1 Å². The fourth-order valence-corrected chi connectivity index (χ4v) is 3.06. The summed E-state index contributed by atoms with van der Waals surface area (Å²) < 4.78 is 88.7. The Hall–Kier alpha value is -2.99. The van der Waals surface area contributed by atoms with Crippen LogP contribution in [0, 0.1) is 0 Å². The molecule has 0 saturated carbocycles. The third-order valence-corrected chi connectivity index (χ3v) is 4.74. The second kappa shape index (κ2) is 9.48. The zero-order valence-corrected chi connectivity index (χ0v) is 17.3. The lowest BCUT2D eigenvalue weighted by Crippen LogP contribution is -2.42. The summed E-state index contributed by atoms with van der Waals surface area (Å²) in [6.45, 7) is 1.00. The molecule has 0 spiro atoms. The molecule has 13 heteroatoms. The van der Waals surface area contributed by atoms with E-state index in [1.807, 2.05) is 5.32 Å². The van der Waals surface area contributed by atoms with E-state index in [0.29, 0.717) is 12.1 Å². The Kier molecular flexibility index (Phi) is 7.08. The van der Waals surface area contributed by atoms with E-state index in [0.717, 1.165) is 12.1 Å². The molecule has 178 valence electrons. The van der Waals surface area contributed by atoms with Crippen molar-refractivity contribution in [2.24, 2.45) is 0 Å². The van der Waals surface area contributed by atoms with Crippen molar-refractivity contribution in [3.8, 4) is 5.75 Å². The summed E-state index contributed by atoms with van der Waals surface area (Å²) >= 11 is 5.89. The molecule has 33 heavy (non-hydrogen) atoms. The van der Waals surface area contributed by atoms with Crippen LogP contribution >= 0.6 is 11.6 Å². The molecule has 0 bridgehead atoms. The van der Waals surface area contributed by atoms with E-state index < -0.39 is 41.2 Å². The number of benzene rings is 2. The van der Waals surface area contributed by atoms with Crippen LogP contribution in [-0.2, 0) is 17.1 Å². The smallest absolute Gasteiger partial charge is 0.409 e. The fourth-order valence-electron chi connectivity index (χ4n) is 2.90. The van der Waals surface area contributed by atoms with Crippen LogP contribution in [0.3, 0.4) is 0 Å². The van der Waals surface area contributed by atoms with Crippen LogP contribution in [0.15, 0.2) is 36.4 Å². The van der Waals surface area contributed by atoms with Gasteiger partial charge in [0.05, 0.1) is 29.9 Å². The number of anilines is 1. The van der Waals surface area contributed by atoms with E-state index in [1.54, 1.807) is 0 Å². The first-order valence-electron chi connectivity index (χ1n) is 9.29. The van der Waals surface area contributed by atoms with Crippen LogP contribution in [-0.4, -0.2) is 43.2 Å². The van der Waals surface area contributed by atoms with Gasteiger partial charge in [-0.15, -0.1) is 0 Å². The van der Waals surface area contributed by atoms with Gasteiger partial charge in [0.25, 0.3) is 5.91 Å². The van der Waals surface area contributed by atoms with Crippen LogP contribution in [0.1, 0.15) is 21.5 Å². The Bertz CT molecular complexity index is 1020. The lowest BCUT2D eigenvalue weighted by Gasteiger charge is -2.26.